The summed E-state index contributed by atoms with van der Waals surface area (Å²) in [6.07, 6.45) is 4.03. The molecule has 3 nitrogen and oxygen atoms in total. The van der Waals surface area contributed by atoms with Gasteiger partial charge < -0.3 is 5.32 Å². The van der Waals surface area contributed by atoms with Gasteiger partial charge in [-0.05, 0) is 43.2 Å². The molecule has 1 fully saturated rings. The van der Waals surface area contributed by atoms with Crippen LogP contribution in [0.4, 0.5) is 5.69 Å². The van der Waals surface area contributed by atoms with E-state index in [-0.39, 0.29) is 5.75 Å². The number of nitrogens with one attached hydrogen (secondary N) is 1. The third-order valence-corrected chi connectivity index (χ3v) is 5.99. The first-order valence-electron chi connectivity index (χ1n) is 7.42. The molecule has 1 saturated carbocycles. The van der Waals surface area contributed by atoms with Gasteiger partial charge in [-0.3, -0.25) is 0 Å². The Balaban J connectivity index is 2.21. The summed E-state index contributed by atoms with van der Waals surface area (Å²) in [5, 5.41) is 3.45. The van der Waals surface area contributed by atoms with Gasteiger partial charge in [0.05, 0.1) is 16.3 Å². The Morgan fingerprint density at radius 3 is 2.60 bits per heavy atom. The van der Waals surface area contributed by atoms with Gasteiger partial charge in [0.15, 0.2) is 9.84 Å². The maximum atomic E-state index is 12.3. The second-order valence-corrected chi connectivity index (χ2v) is 8.64. The van der Waals surface area contributed by atoms with Crippen LogP contribution in [0.5, 0.6) is 0 Å². The van der Waals surface area contributed by atoms with Crippen molar-refractivity contribution in [3.8, 4) is 0 Å². The zero-order valence-corrected chi connectivity index (χ0v) is 13.5. The first kappa shape index (κ1) is 15.4. The van der Waals surface area contributed by atoms with E-state index >= 15 is 0 Å². The number of sulfone groups is 1. The average molecular weight is 295 g/mol. The lowest BCUT2D eigenvalue weighted by molar-refractivity contribution is 0.378. The molecule has 1 N–H and O–H groups in total. The maximum Gasteiger partial charge on any atom is 0.180 e. The van der Waals surface area contributed by atoms with Crippen molar-refractivity contribution in [1.29, 1.82) is 0 Å². The lowest BCUT2D eigenvalue weighted by Gasteiger charge is -2.20. The van der Waals surface area contributed by atoms with E-state index in [1.807, 2.05) is 19.1 Å². The fraction of sp³-hybridized carbons (Fsp3) is 0.625. The first-order valence-corrected chi connectivity index (χ1v) is 9.08. The van der Waals surface area contributed by atoms with Gasteiger partial charge in [0.2, 0.25) is 0 Å². The molecule has 0 bridgehead atoms. The highest BCUT2D eigenvalue weighted by atomic mass is 32.2. The monoisotopic (exact) mass is 295 g/mol. The third-order valence-electron chi connectivity index (χ3n) is 4.02. The van der Waals surface area contributed by atoms with Crippen molar-refractivity contribution in [2.24, 2.45) is 5.41 Å². The predicted octanol–water partition coefficient (Wildman–Crippen LogP) is 3.86. The van der Waals surface area contributed by atoms with Crippen LogP contribution in [-0.2, 0) is 9.84 Å². The fourth-order valence-corrected chi connectivity index (χ4v) is 4.52. The minimum absolute atomic E-state index is 0.210. The van der Waals surface area contributed by atoms with Crippen LogP contribution in [0.15, 0.2) is 29.2 Å². The Bertz CT molecular complexity index is 564. The van der Waals surface area contributed by atoms with Crippen LogP contribution in [-0.4, -0.2) is 20.2 Å². The summed E-state index contributed by atoms with van der Waals surface area (Å²) in [7, 11) is -3.17. The van der Waals surface area contributed by atoms with Crippen LogP contribution in [0, 0.1) is 5.41 Å². The van der Waals surface area contributed by atoms with Gasteiger partial charge in [0.25, 0.3) is 0 Å². The minimum Gasteiger partial charge on any atom is -0.381 e. The molecule has 0 amide bonds. The van der Waals surface area contributed by atoms with Gasteiger partial charge in [-0.1, -0.05) is 32.9 Å². The fourth-order valence-electron chi connectivity index (χ4n) is 3.02. The van der Waals surface area contributed by atoms with Gasteiger partial charge in [-0.15, -0.1) is 0 Å². The lowest BCUT2D eigenvalue weighted by atomic mass is 9.92. The summed E-state index contributed by atoms with van der Waals surface area (Å²) in [5.74, 6) is 0.210. The molecular formula is C16H25NO2S. The first-order chi connectivity index (χ1) is 9.34. The van der Waals surface area contributed by atoms with Crippen molar-refractivity contribution in [2.75, 3.05) is 11.1 Å². The molecule has 2 rings (SSSR count). The Hall–Kier alpha value is -1.03. The molecule has 0 saturated heterocycles. The van der Waals surface area contributed by atoms with E-state index in [1.165, 1.54) is 6.42 Å². The summed E-state index contributed by atoms with van der Waals surface area (Å²) in [4.78, 5) is 0.451. The van der Waals surface area contributed by atoms with Gasteiger partial charge in [0, 0.05) is 6.04 Å². The van der Waals surface area contributed by atoms with Crippen molar-refractivity contribution in [2.45, 2.75) is 57.4 Å². The zero-order valence-electron chi connectivity index (χ0n) is 12.6. The molecular weight excluding hydrogens is 270 g/mol. The molecule has 20 heavy (non-hydrogen) atoms. The largest absolute Gasteiger partial charge is 0.381 e. The molecule has 0 aromatic heterocycles. The number of hydrogen-bond donors (Lipinski definition) is 1. The van der Waals surface area contributed by atoms with Crippen molar-refractivity contribution in [1.82, 2.24) is 0 Å². The maximum absolute atomic E-state index is 12.3. The Labute approximate surface area is 122 Å². The summed E-state index contributed by atoms with van der Waals surface area (Å²) in [6.45, 7) is 6.44. The smallest absolute Gasteiger partial charge is 0.180 e. The summed E-state index contributed by atoms with van der Waals surface area (Å²) >= 11 is 0. The number of hydrogen-bond acceptors (Lipinski definition) is 3. The molecule has 1 aliphatic rings. The molecule has 0 spiro atoms. The third kappa shape index (κ3) is 3.54. The Morgan fingerprint density at radius 1 is 1.30 bits per heavy atom. The van der Waals surface area contributed by atoms with Gasteiger partial charge >= 0.3 is 0 Å². The highest BCUT2D eigenvalue weighted by Crippen LogP contribution is 2.39. The molecule has 0 aliphatic heterocycles. The molecule has 1 unspecified atom stereocenters. The van der Waals surface area contributed by atoms with E-state index in [1.54, 1.807) is 12.1 Å². The van der Waals surface area contributed by atoms with E-state index in [0.717, 1.165) is 18.5 Å². The lowest BCUT2D eigenvalue weighted by Crippen LogP contribution is -2.19. The predicted molar refractivity (Wildman–Crippen MR) is 83.8 cm³/mol. The van der Waals surface area contributed by atoms with Crippen LogP contribution >= 0.6 is 0 Å². The van der Waals surface area contributed by atoms with Crippen molar-refractivity contribution >= 4 is 15.5 Å². The normalized spacial score (nSPS) is 21.9. The number of benzene rings is 1. The molecule has 1 aliphatic carbocycles. The van der Waals surface area contributed by atoms with Crippen LogP contribution in [0.1, 0.15) is 46.5 Å². The zero-order chi connectivity index (χ0) is 14.8. The van der Waals surface area contributed by atoms with Crippen LogP contribution in [0.3, 0.4) is 0 Å². The Kier molecular flexibility index (Phi) is 4.43. The number of rotatable bonds is 5. The van der Waals surface area contributed by atoms with Crippen LogP contribution in [0.25, 0.3) is 0 Å². The minimum atomic E-state index is -3.17. The molecule has 0 heterocycles. The second kappa shape index (κ2) is 5.76. The van der Waals surface area contributed by atoms with Crippen molar-refractivity contribution in [3.63, 3.8) is 0 Å². The molecule has 1 atom stereocenters. The van der Waals surface area contributed by atoms with E-state index in [4.69, 9.17) is 0 Å². The van der Waals surface area contributed by atoms with Crippen LogP contribution in [0.2, 0.25) is 0 Å². The summed E-state index contributed by atoms with van der Waals surface area (Å²) in [5.41, 5.74) is 1.12. The van der Waals surface area contributed by atoms with E-state index in [2.05, 4.69) is 19.2 Å². The van der Waals surface area contributed by atoms with Gasteiger partial charge in [-0.2, -0.15) is 0 Å². The van der Waals surface area contributed by atoms with Gasteiger partial charge in [-0.25, -0.2) is 8.42 Å². The van der Waals surface area contributed by atoms with Gasteiger partial charge in [0.1, 0.15) is 0 Å². The molecule has 112 valence electrons. The molecule has 4 heteroatoms. The van der Waals surface area contributed by atoms with Crippen LogP contribution < -0.4 is 5.32 Å². The van der Waals surface area contributed by atoms with Crippen molar-refractivity contribution < 1.29 is 8.42 Å². The molecule has 0 radical (unpaired) electrons. The second-order valence-electron chi connectivity index (χ2n) is 6.56. The van der Waals surface area contributed by atoms with E-state index in [0.29, 0.717) is 22.8 Å². The standard InChI is InChI=1S/C16H25NO2S/c1-4-11-20(18,19)15-8-6-5-7-14(15)17-13-9-10-16(2,3)12-13/h5-8,13,17H,4,9-12H2,1-3H3. The Morgan fingerprint density at radius 2 is 2.00 bits per heavy atom. The van der Waals surface area contributed by atoms with E-state index < -0.39 is 9.84 Å². The number of anilines is 1. The highest BCUT2D eigenvalue weighted by molar-refractivity contribution is 7.91. The average Bonchev–Trinajstić information content (AvgIpc) is 2.69. The quantitative estimate of drug-likeness (QED) is 0.897. The number of para-hydroxylation sites is 1. The van der Waals surface area contributed by atoms with Crippen molar-refractivity contribution in [3.05, 3.63) is 24.3 Å². The molecule has 1 aromatic rings. The molecule has 1 aromatic carbocycles. The van der Waals surface area contributed by atoms with E-state index in [9.17, 15) is 8.42 Å². The summed E-state index contributed by atoms with van der Waals surface area (Å²) < 4.78 is 24.6. The summed E-state index contributed by atoms with van der Waals surface area (Å²) in [6, 6.07) is 7.67. The highest BCUT2D eigenvalue weighted by Gasteiger charge is 2.31. The SMILES string of the molecule is CCCS(=O)(=O)c1ccccc1NC1CCC(C)(C)C1. The topological polar surface area (TPSA) is 46.2 Å².